The van der Waals surface area contributed by atoms with E-state index in [1.165, 1.54) is 12.7 Å². The molecule has 6 nitrogen and oxygen atoms in total. The Morgan fingerprint density at radius 3 is 2.46 bits per heavy atom. The summed E-state index contributed by atoms with van der Waals surface area (Å²) >= 11 is 0. The number of methoxy groups -OCH3 is 2. The monoisotopic (exact) mass is 383 g/mol. The van der Waals surface area contributed by atoms with Gasteiger partial charge >= 0.3 is 5.97 Å². The number of H-pyrrole nitrogens is 1. The minimum Gasteiger partial charge on any atom is -0.496 e. The zero-order chi connectivity index (χ0) is 20.8. The maximum absolute atomic E-state index is 11.7. The van der Waals surface area contributed by atoms with Crippen LogP contribution in [0.25, 0.3) is 11.0 Å². The lowest BCUT2D eigenvalue weighted by atomic mass is 9.99. The van der Waals surface area contributed by atoms with Crippen molar-refractivity contribution < 1.29 is 14.3 Å². The van der Waals surface area contributed by atoms with Gasteiger partial charge in [0.2, 0.25) is 5.95 Å². The Kier molecular flexibility index (Phi) is 7.04. The van der Waals surface area contributed by atoms with Gasteiger partial charge in [0.15, 0.2) is 0 Å². The van der Waals surface area contributed by atoms with Gasteiger partial charge < -0.3 is 19.8 Å². The molecule has 0 amide bonds. The molecule has 1 heterocycles. The van der Waals surface area contributed by atoms with Crippen LogP contribution in [-0.4, -0.2) is 36.7 Å². The number of anilines is 1. The van der Waals surface area contributed by atoms with E-state index < -0.39 is 0 Å². The highest BCUT2D eigenvalue weighted by Gasteiger charge is 2.13. The second-order valence-electron chi connectivity index (χ2n) is 6.77. The quantitative estimate of drug-likeness (QED) is 0.400. The summed E-state index contributed by atoms with van der Waals surface area (Å²) in [5.74, 6) is 1.16. The van der Waals surface area contributed by atoms with Gasteiger partial charge in [-0.2, -0.15) is 0 Å². The van der Waals surface area contributed by atoms with Crippen molar-refractivity contribution in [2.75, 3.05) is 26.1 Å². The molecule has 28 heavy (non-hydrogen) atoms. The number of ether oxygens (including phenoxy) is 2. The van der Waals surface area contributed by atoms with E-state index in [-0.39, 0.29) is 5.97 Å². The number of aromatic amines is 1. The average molecular weight is 383 g/mol. The molecule has 0 aliphatic rings. The number of hydrogen-bond donors (Lipinski definition) is 2. The Morgan fingerprint density at radius 1 is 1.18 bits per heavy atom. The molecule has 0 saturated heterocycles. The van der Waals surface area contributed by atoms with Gasteiger partial charge in [0.1, 0.15) is 5.76 Å². The fraction of sp³-hybridized carbons (Fsp3) is 0.364. The summed E-state index contributed by atoms with van der Waals surface area (Å²) in [7, 11) is 3.06. The van der Waals surface area contributed by atoms with Gasteiger partial charge in [-0.05, 0) is 69.5 Å². The molecule has 150 valence electrons. The summed E-state index contributed by atoms with van der Waals surface area (Å²) in [4.78, 5) is 19.5. The Morgan fingerprint density at radius 2 is 1.89 bits per heavy atom. The number of nitrogens with zero attached hydrogens (tertiary/aromatic N) is 1. The van der Waals surface area contributed by atoms with Crippen LogP contribution >= 0.6 is 0 Å². The Bertz CT molecular complexity index is 961. The lowest BCUT2D eigenvalue weighted by molar-refractivity contribution is 0.0601. The molecule has 0 saturated carbocycles. The van der Waals surface area contributed by atoms with E-state index in [2.05, 4.69) is 36.1 Å². The molecule has 6 heteroatoms. The van der Waals surface area contributed by atoms with Crippen LogP contribution in [0.15, 0.2) is 52.3 Å². The molecule has 0 aliphatic heterocycles. The van der Waals surface area contributed by atoms with Crippen molar-refractivity contribution in [3.05, 3.63) is 57.9 Å². The molecule has 1 aromatic heterocycles. The molecule has 0 radical (unpaired) electrons. The molecule has 0 atom stereocenters. The summed E-state index contributed by atoms with van der Waals surface area (Å²) in [6.07, 6.45) is 2.04. The van der Waals surface area contributed by atoms with E-state index in [9.17, 15) is 4.79 Å². The molecular formula is C22H29N3O3. The number of hydrogen-bond acceptors (Lipinski definition) is 5. The molecule has 0 spiro atoms. The van der Waals surface area contributed by atoms with Gasteiger partial charge in [0, 0.05) is 6.54 Å². The molecule has 0 aliphatic carbocycles. The van der Waals surface area contributed by atoms with E-state index in [0.717, 1.165) is 33.5 Å². The summed E-state index contributed by atoms with van der Waals surface area (Å²) < 4.78 is 10.4. The molecule has 1 aromatic carbocycles. The smallest absolute Gasteiger partial charge is 0.337 e. The van der Waals surface area contributed by atoms with Crippen molar-refractivity contribution in [2.24, 2.45) is 0 Å². The van der Waals surface area contributed by atoms with Crippen molar-refractivity contribution in [3.8, 4) is 0 Å². The maximum atomic E-state index is 11.7. The second-order valence-corrected chi connectivity index (χ2v) is 6.77. The molecule has 0 fully saturated rings. The number of carbonyl (C=O) groups is 1. The third kappa shape index (κ3) is 4.63. The van der Waals surface area contributed by atoms with Crippen LogP contribution in [0.5, 0.6) is 0 Å². The third-order valence-corrected chi connectivity index (χ3v) is 4.73. The van der Waals surface area contributed by atoms with Crippen LogP contribution < -0.4 is 5.32 Å². The normalized spacial score (nSPS) is 12.5. The second kappa shape index (κ2) is 9.26. The number of esters is 1. The van der Waals surface area contributed by atoms with E-state index in [0.29, 0.717) is 18.1 Å². The first kappa shape index (κ1) is 21.3. The lowest BCUT2D eigenvalue weighted by Gasteiger charge is -2.17. The predicted octanol–water partition coefficient (Wildman–Crippen LogP) is 4.98. The number of fused-ring (bicyclic) bond motifs is 1. The zero-order valence-electron chi connectivity index (χ0n) is 17.7. The Balaban J connectivity index is 2.28. The number of nitrogens with one attached hydrogen (secondary N) is 2. The highest BCUT2D eigenvalue weighted by molar-refractivity contribution is 5.93. The highest BCUT2D eigenvalue weighted by Crippen LogP contribution is 2.24. The number of imidazole rings is 1. The minimum absolute atomic E-state index is 0.370. The van der Waals surface area contributed by atoms with Crippen molar-refractivity contribution >= 4 is 23.0 Å². The standard InChI is InChI=1S/C22H29N3O3/c1-8-14(4)20(27-6)15(5)17(13(2)3)12-23-22-24-18-10-9-16(21(26)28-7)11-19(18)25-22/h8-11H,12H2,1-7H3,(H2,23,24,25)/b14-8-,20-15+. The maximum Gasteiger partial charge on any atom is 0.337 e. The van der Waals surface area contributed by atoms with Gasteiger partial charge in [-0.3, -0.25) is 0 Å². The molecule has 2 aromatic rings. The number of allylic oxidation sites excluding steroid dienone is 3. The van der Waals surface area contributed by atoms with Crippen LogP contribution in [0.2, 0.25) is 0 Å². The van der Waals surface area contributed by atoms with E-state index in [1.807, 2.05) is 19.9 Å². The van der Waals surface area contributed by atoms with E-state index in [4.69, 9.17) is 9.47 Å². The van der Waals surface area contributed by atoms with Crippen LogP contribution in [0, 0.1) is 0 Å². The number of benzene rings is 1. The van der Waals surface area contributed by atoms with Crippen molar-refractivity contribution in [2.45, 2.75) is 34.6 Å². The summed E-state index contributed by atoms with van der Waals surface area (Å²) in [5, 5.41) is 3.35. The van der Waals surface area contributed by atoms with Crippen molar-refractivity contribution in [1.29, 1.82) is 0 Å². The number of carbonyl (C=O) groups excluding carboxylic acids is 1. The van der Waals surface area contributed by atoms with Crippen LogP contribution in [0.3, 0.4) is 0 Å². The fourth-order valence-electron chi connectivity index (χ4n) is 3.07. The lowest BCUT2D eigenvalue weighted by Crippen LogP contribution is -2.10. The molecule has 0 bridgehead atoms. The molecule has 0 unspecified atom stereocenters. The number of aromatic nitrogens is 2. The van der Waals surface area contributed by atoms with Gasteiger partial charge in [-0.25, -0.2) is 9.78 Å². The van der Waals surface area contributed by atoms with Gasteiger partial charge in [0.05, 0.1) is 30.8 Å². The zero-order valence-corrected chi connectivity index (χ0v) is 17.7. The SMILES string of the molecule is C/C=C(C)\C(OC)=C(\C)C(CNc1nc2ccc(C(=O)OC)cc2[nH]1)=C(C)C. The minimum atomic E-state index is -0.370. The average Bonchev–Trinajstić information content (AvgIpc) is 3.09. The van der Waals surface area contributed by atoms with Gasteiger partial charge in [-0.15, -0.1) is 0 Å². The first-order valence-corrected chi connectivity index (χ1v) is 9.19. The Labute approximate surface area is 166 Å². The van der Waals surface area contributed by atoms with Crippen LogP contribution in [0.1, 0.15) is 45.0 Å². The van der Waals surface area contributed by atoms with E-state index in [1.54, 1.807) is 25.3 Å². The number of rotatable bonds is 7. The summed E-state index contributed by atoms with van der Waals surface area (Å²) in [6, 6.07) is 5.25. The topological polar surface area (TPSA) is 76.2 Å². The van der Waals surface area contributed by atoms with Crippen LogP contribution in [-0.2, 0) is 9.47 Å². The molecular weight excluding hydrogens is 354 g/mol. The largest absolute Gasteiger partial charge is 0.496 e. The van der Waals surface area contributed by atoms with Gasteiger partial charge in [0.25, 0.3) is 0 Å². The summed E-state index contributed by atoms with van der Waals surface area (Å²) in [5.41, 5.74) is 6.59. The molecule has 2 rings (SSSR count). The Hall–Kier alpha value is -3.02. The first-order chi connectivity index (χ1) is 13.3. The van der Waals surface area contributed by atoms with Crippen LogP contribution in [0.4, 0.5) is 5.95 Å². The molecule has 2 N–H and O–H groups in total. The predicted molar refractivity (Wildman–Crippen MR) is 113 cm³/mol. The third-order valence-electron chi connectivity index (χ3n) is 4.73. The summed E-state index contributed by atoms with van der Waals surface area (Å²) in [6.45, 7) is 10.9. The first-order valence-electron chi connectivity index (χ1n) is 9.19. The van der Waals surface area contributed by atoms with Crippen molar-refractivity contribution in [3.63, 3.8) is 0 Å². The fourth-order valence-corrected chi connectivity index (χ4v) is 3.07. The highest BCUT2D eigenvalue weighted by atomic mass is 16.5. The van der Waals surface area contributed by atoms with E-state index >= 15 is 0 Å². The van der Waals surface area contributed by atoms with Crippen molar-refractivity contribution in [1.82, 2.24) is 9.97 Å². The van der Waals surface area contributed by atoms with Gasteiger partial charge in [-0.1, -0.05) is 11.6 Å².